The van der Waals surface area contributed by atoms with Gasteiger partial charge in [-0.05, 0) is 74.3 Å². The molecular weight excluding hydrogens is 472 g/mol. The molecule has 2 heterocycles. The molecule has 34 heavy (non-hydrogen) atoms. The molecule has 0 spiro atoms. The van der Waals surface area contributed by atoms with Crippen molar-refractivity contribution in [1.82, 2.24) is 5.32 Å². The predicted molar refractivity (Wildman–Crippen MR) is 136 cm³/mol. The first-order chi connectivity index (χ1) is 16.1. The third kappa shape index (κ3) is 6.12. The molecule has 0 saturated carbocycles. The molecule has 0 bridgehead atoms. The summed E-state index contributed by atoms with van der Waals surface area (Å²) >= 11 is 1.57. The van der Waals surface area contributed by atoms with Crippen molar-refractivity contribution >= 4 is 32.1 Å². The molecule has 7 nitrogen and oxygen atoms in total. The second-order valence-corrected chi connectivity index (χ2v) is 13.1. The number of amides is 1. The third-order valence-corrected chi connectivity index (χ3v) is 9.42. The zero-order valence-electron chi connectivity index (χ0n) is 20.0. The summed E-state index contributed by atoms with van der Waals surface area (Å²) in [6.45, 7) is 6.61. The van der Waals surface area contributed by atoms with Crippen LogP contribution < -0.4 is 15.4 Å². The van der Waals surface area contributed by atoms with Crippen LogP contribution in [0.1, 0.15) is 51.7 Å². The predicted octanol–water partition coefficient (Wildman–Crippen LogP) is 3.26. The molecule has 1 aromatic carbocycles. The zero-order chi connectivity index (χ0) is 24.5. The van der Waals surface area contributed by atoms with Gasteiger partial charge in [0.2, 0.25) is 0 Å². The van der Waals surface area contributed by atoms with Crippen LogP contribution in [0, 0.1) is 19.8 Å². The Morgan fingerprint density at radius 3 is 2.65 bits per heavy atom. The van der Waals surface area contributed by atoms with E-state index in [-0.39, 0.29) is 36.6 Å². The van der Waals surface area contributed by atoms with E-state index >= 15 is 0 Å². The van der Waals surface area contributed by atoms with E-state index in [1.807, 2.05) is 26.0 Å². The molecule has 1 saturated heterocycles. The molecule has 4 rings (SSSR count). The van der Waals surface area contributed by atoms with E-state index in [4.69, 9.17) is 4.74 Å². The average molecular weight is 507 g/mol. The smallest absolute Gasteiger partial charge is 0.254 e. The summed E-state index contributed by atoms with van der Waals surface area (Å²) in [7, 11) is -3.08. The van der Waals surface area contributed by atoms with Crippen molar-refractivity contribution in [1.29, 1.82) is 0 Å². The van der Waals surface area contributed by atoms with Gasteiger partial charge in [-0.25, -0.2) is 8.42 Å². The van der Waals surface area contributed by atoms with Gasteiger partial charge >= 0.3 is 0 Å². The van der Waals surface area contributed by atoms with Crippen molar-refractivity contribution in [3.63, 3.8) is 0 Å². The topological polar surface area (TPSA) is 105 Å². The number of ether oxygens (including phenoxy) is 1. The van der Waals surface area contributed by atoms with Gasteiger partial charge in [0.25, 0.3) is 5.91 Å². The number of fused-ring (bicyclic) bond motifs is 1. The molecule has 1 amide bonds. The number of aliphatic hydroxyl groups excluding tert-OH is 1. The van der Waals surface area contributed by atoms with Crippen molar-refractivity contribution < 1.29 is 23.1 Å². The van der Waals surface area contributed by atoms with Crippen LogP contribution in [0.2, 0.25) is 0 Å². The Labute approximate surface area is 205 Å². The normalized spacial score (nSPS) is 22.1. The van der Waals surface area contributed by atoms with Crippen molar-refractivity contribution in [3.05, 3.63) is 45.3 Å². The molecule has 0 radical (unpaired) electrons. The average Bonchev–Trinajstić information content (AvgIpc) is 3.28. The Kier molecular flexibility index (Phi) is 7.54. The third-order valence-electron chi connectivity index (χ3n) is 6.44. The van der Waals surface area contributed by atoms with E-state index in [0.717, 1.165) is 46.7 Å². The summed E-state index contributed by atoms with van der Waals surface area (Å²) in [5.74, 6) is 1.18. The number of rotatable bonds is 8. The molecule has 1 fully saturated rings. The largest absolute Gasteiger partial charge is 0.491 e. The van der Waals surface area contributed by atoms with Gasteiger partial charge in [0, 0.05) is 17.5 Å². The summed E-state index contributed by atoms with van der Waals surface area (Å²) in [6.07, 6.45) is 2.48. The van der Waals surface area contributed by atoms with Crippen LogP contribution in [-0.4, -0.2) is 56.2 Å². The number of hydrogen-bond donors (Lipinski definition) is 3. The number of nitrogens with one attached hydrogen (secondary N) is 2. The minimum Gasteiger partial charge on any atom is -0.491 e. The number of aliphatic hydroxyl groups is 1. The van der Waals surface area contributed by atoms with Crippen molar-refractivity contribution in [2.45, 2.75) is 58.6 Å². The fraction of sp³-hybridized carbons (Fsp3) is 0.560. The number of carbonyl (C=O) groups is 1. The van der Waals surface area contributed by atoms with Crippen LogP contribution in [0.3, 0.4) is 0 Å². The summed E-state index contributed by atoms with van der Waals surface area (Å²) in [6, 6.07) is 5.60. The quantitative estimate of drug-likeness (QED) is 0.508. The molecule has 1 aliphatic carbocycles. The van der Waals surface area contributed by atoms with Crippen LogP contribution in [-0.2, 0) is 22.7 Å². The summed E-state index contributed by atoms with van der Waals surface area (Å²) in [5.41, 5.74) is 3.88. The van der Waals surface area contributed by atoms with Gasteiger partial charge in [-0.3, -0.25) is 4.79 Å². The van der Waals surface area contributed by atoms with E-state index in [2.05, 4.69) is 23.6 Å². The standard InChI is InChI=1S/C25H34N2O5S2/c1-15-4-5-21-22(11-15)33-25(23(21)24(29)27-18-6-7-34(30,31)14-18)26-12-19(28)13-32-20-9-16(2)8-17(3)10-20/h8-10,15,18-19,26,28H,4-7,11-14H2,1-3H3,(H,27,29). The van der Waals surface area contributed by atoms with E-state index in [1.165, 1.54) is 4.88 Å². The van der Waals surface area contributed by atoms with Crippen LogP contribution in [0.4, 0.5) is 5.00 Å². The van der Waals surface area contributed by atoms with Crippen LogP contribution in [0.25, 0.3) is 0 Å². The Morgan fingerprint density at radius 2 is 1.97 bits per heavy atom. The van der Waals surface area contributed by atoms with Gasteiger partial charge in [-0.1, -0.05) is 13.0 Å². The highest BCUT2D eigenvalue weighted by Gasteiger charge is 2.32. The maximum absolute atomic E-state index is 13.2. The number of aryl methyl sites for hydroxylation is 2. The summed E-state index contributed by atoms with van der Waals surface area (Å²) in [5, 5.41) is 17.5. The summed E-state index contributed by atoms with van der Waals surface area (Å²) in [4.78, 5) is 14.4. The number of carbonyl (C=O) groups excluding carboxylic acids is 1. The molecular formula is C25H34N2O5S2. The lowest BCUT2D eigenvalue weighted by atomic mass is 9.88. The van der Waals surface area contributed by atoms with Gasteiger partial charge in [0.1, 0.15) is 23.5 Å². The number of thiophene rings is 1. The van der Waals surface area contributed by atoms with Crippen molar-refractivity contribution in [2.75, 3.05) is 30.0 Å². The number of anilines is 1. The maximum Gasteiger partial charge on any atom is 0.254 e. The molecule has 186 valence electrons. The Hall–Kier alpha value is -2.10. The molecule has 3 unspecified atom stereocenters. The highest BCUT2D eigenvalue weighted by Crippen LogP contribution is 2.39. The molecule has 1 aromatic heterocycles. The zero-order valence-corrected chi connectivity index (χ0v) is 21.7. The monoisotopic (exact) mass is 506 g/mol. The Balaban J connectivity index is 1.43. The van der Waals surface area contributed by atoms with Crippen LogP contribution in [0.5, 0.6) is 5.75 Å². The molecule has 2 aliphatic rings. The number of hydrogen-bond acceptors (Lipinski definition) is 7. The number of sulfone groups is 1. The SMILES string of the molecule is Cc1cc(C)cc(OCC(O)CNc2sc3c(c2C(=O)NC2CCS(=O)(=O)C2)CCC(C)C3)c1. The van der Waals surface area contributed by atoms with E-state index in [9.17, 15) is 18.3 Å². The molecule has 2 aromatic rings. The fourth-order valence-corrected chi connectivity index (χ4v) is 7.85. The second-order valence-electron chi connectivity index (χ2n) is 9.80. The lowest BCUT2D eigenvalue weighted by Gasteiger charge is -2.19. The Morgan fingerprint density at radius 1 is 1.24 bits per heavy atom. The van der Waals surface area contributed by atoms with E-state index in [1.54, 1.807) is 11.3 Å². The highest BCUT2D eigenvalue weighted by molar-refractivity contribution is 7.91. The first-order valence-corrected chi connectivity index (χ1v) is 14.5. The van der Waals surface area contributed by atoms with Gasteiger partial charge in [-0.2, -0.15) is 0 Å². The molecule has 1 aliphatic heterocycles. The molecule has 9 heteroatoms. The minimum atomic E-state index is -3.08. The molecule has 3 N–H and O–H groups in total. The lowest BCUT2D eigenvalue weighted by Crippen LogP contribution is -2.36. The van der Waals surface area contributed by atoms with Crippen molar-refractivity contribution in [3.8, 4) is 5.75 Å². The fourth-order valence-electron chi connectivity index (χ4n) is 4.76. The van der Waals surface area contributed by atoms with Gasteiger partial charge < -0.3 is 20.5 Å². The van der Waals surface area contributed by atoms with E-state index in [0.29, 0.717) is 17.9 Å². The van der Waals surface area contributed by atoms with Gasteiger partial charge in [0.05, 0.1) is 17.1 Å². The van der Waals surface area contributed by atoms with Crippen LogP contribution in [0.15, 0.2) is 18.2 Å². The Bertz CT molecular complexity index is 1140. The minimum absolute atomic E-state index is 0.000644. The summed E-state index contributed by atoms with van der Waals surface area (Å²) < 4.78 is 29.4. The van der Waals surface area contributed by atoms with Gasteiger partial charge in [-0.15, -0.1) is 11.3 Å². The molecule has 3 atom stereocenters. The van der Waals surface area contributed by atoms with E-state index < -0.39 is 15.9 Å². The maximum atomic E-state index is 13.2. The van der Waals surface area contributed by atoms with Crippen LogP contribution >= 0.6 is 11.3 Å². The second kappa shape index (κ2) is 10.3. The van der Waals surface area contributed by atoms with Gasteiger partial charge in [0.15, 0.2) is 9.84 Å². The first-order valence-electron chi connectivity index (χ1n) is 11.9. The van der Waals surface area contributed by atoms with Crippen molar-refractivity contribution in [2.24, 2.45) is 5.92 Å². The first kappa shape index (κ1) is 25.0. The number of benzene rings is 1. The lowest BCUT2D eigenvalue weighted by molar-refractivity contribution is 0.0940. The highest BCUT2D eigenvalue weighted by atomic mass is 32.2.